The van der Waals surface area contributed by atoms with Crippen LogP contribution in [0.25, 0.3) is 5.57 Å². The average molecular weight is 296 g/mol. The quantitative estimate of drug-likeness (QED) is 0.586. The van der Waals surface area contributed by atoms with Gasteiger partial charge in [0.05, 0.1) is 11.1 Å². The predicted octanol–water partition coefficient (Wildman–Crippen LogP) is 2.16. The van der Waals surface area contributed by atoms with Gasteiger partial charge in [-0.05, 0) is 36.6 Å². The van der Waals surface area contributed by atoms with Crippen molar-refractivity contribution < 1.29 is 23.9 Å². The molecule has 1 aromatic rings. The number of carbonyl (C=O) groups excluding carboxylic acids is 3. The van der Waals surface area contributed by atoms with E-state index in [1.807, 2.05) is 18.2 Å². The van der Waals surface area contributed by atoms with E-state index in [-0.39, 0.29) is 12.6 Å². The van der Waals surface area contributed by atoms with Gasteiger partial charge >= 0.3 is 17.9 Å². The van der Waals surface area contributed by atoms with Crippen molar-refractivity contribution in [2.24, 2.45) is 5.41 Å². The maximum Gasteiger partial charge on any atom is 0.342 e. The van der Waals surface area contributed by atoms with E-state index in [1.165, 1.54) is 0 Å². The molecule has 1 saturated heterocycles. The largest absolute Gasteiger partial charge is 0.457 e. The number of ether oxygens (including phenoxy) is 2. The Hall–Kier alpha value is -2.69. The van der Waals surface area contributed by atoms with Gasteiger partial charge in [0.25, 0.3) is 0 Å². The molecular weight excluding hydrogens is 284 g/mol. The zero-order valence-electron chi connectivity index (χ0n) is 11.8. The van der Waals surface area contributed by atoms with Crippen molar-refractivity contribution in [1.82, 2.24) is 0 Å². The first-order valence-electron chi connectivity index (χ1n) is 6.97. The van der Waals surface area contributed by atoms with Crippen LogP contribution in [0, 0.1) is 5.41 Å². The Kier molecular flexibility index (Phi) is 2.46. The van der Waals surface area contributed by atoms with Crippen LogP contribution < -0.4 is 0 Å². The first-order valence-corrected chi connectivity index (χ1v) is 6.97. The third kappa shape index (κ3) is 1.62. The molecular formula is C17H12O5. The van der Waals surface area contributed by atoms with E-state index in [0.717, 1.165) is 16.7 Å². The number of cyclic esters (lactones) is 3. The molecule has 22 heavy (non-hydrogen) atoms. The number of esters is 3. The van der Waals surface area contributed by atoms with Gasteiger partial charge < -0.3 is 9.47 Å². The van der Waals surface area contributed by atoms with Crippen molar-refractivity contribution in [2.75, 3.05) is 0 Å². The van der Waals surface area contributed by atoms with E-state index < -0.39 is 17.4 Å². The van der Waals surface area contributed by atoms with Crippen molar-refractivity contribution in [2.45, 2.75) is 20.0 Å². The van der Waals surface area contributed by atoms with Crippen LogP contribution in [0.4, 0.5) is 0 Å². The molecule has 5 nitrogen and oxygen atoms in total. The molecule has 0 spiro atoms. The number of benzene rings is 1. The lowest BCUT2D eigenvalue weighted by Crippen LogP contribution is -2.26. The Morgan fingerprint density at radius 2 is 1.91 bits per heavy atom. The summed E-state index contributed by atoms with van der Waals surface area (Å²) in [5.41, 5.74) is 2.75. The van der Waals surface area contributed by atoms with Gasteiger partial charge in [-0.25, -0.2) is 9.59 Å². The van der Waals surface area contributed by atoms with Gasteiger partial charge in [-0.1, -0.05) is 18.2 Å². The van der Waals surface area contributed by atoms with E-state index in [2.05, 4.69) is 0 Å². The number of hydrogen-bond acceptors (Lipinski definition) is 5. The molecule has 0 N–H and O–H groups in total. The van der Waals surface area contributed by atoms with Gasteiger partial charge in [-0.15, -0.1) is 0 Å². The number of carbonyl (C=O) groups is 3. The molecule has 5 heteroatoms. The van der Waals surface area contributed by atoms with E-state index >= 15 is 0 Å². The van der Waals surface area contributed by atoms with Gasteiger partial charge in [0, 0.05) is 5.56 Å². The first kappa shape index (κ1) is 13.0. The van der Waals surface area contributed by atoms with Crippen molar-refractivity contribution in [3.63, 3.8) is 0 Å². The molecule has 110 valence electrons. The molecule has 2 heterocycles. The minimum absolute atomic E-state index is 0.272. The standard InChI is InChI=1S/C17H12O5/c1-17-7-10(3-5-13(17)15(19)22-16(17)20)9-2-4-12-11(6-9)8-21-14(12)18/h2-6H,7-8H2,1H3. The monoisotopic (exact) mass is 296 g/mol. The van der Waals surface area contributed by atoms with Gasteiger partial charge in [0.2, 0.25) is 0 Å². The summed E-state index contributed by atoms with van der Waals surface area (Å²) < 4.78 is 9.74. The molecule has 0 saturated carbocycles. The fraction of sp³-hybridized carbons (Fsp3) is 0.235. The van der Waals surface area contributed by atoms with E-state index in [0.29, 0.717) is 17.6 Å². The minimum atomic E-state index is -0.924. The second kappa shape index (κ2) is 4.16. The highest BCUT2D eigenvalue weighted by atomic mass is 16.6. The van der Waals surface area contributed by atoms with Crippen LogP contribution >= 0.6 is 0 Å². The highest BCUT2D eigenvalue weighted by Crippen LogP contribution is 2.46. The van der Waals surface area contributed by atoms with Crippen LogP contribution in [-0.2, 0) is 25.7 Å². The lowest BCUT2D eigenvalue weighted by molar-refractivity contribution is -0.154. The number of allylic oxidation sites excluding steroid dienone is 3. The summed E-state index contributed by atoms with van der Waals surface area (Å²) in [5.74, 6) is -1.37. The Morgan fingerprint density at radius 1 is 1.09 bits per heavy atom. The Bertz CT molecular complexity index is 814. The van der Waals surface area contributed by atoms with Crippen LogP contribution in [0.5, 0.6) is 0 Å². The third-order valence-electron chi connectivity index (χ3n) is 4.50. The molecule has 1 aromatic carbocycles. The molecule has 0 amide bonds. The van der Waals surface area contributed by atoms with Crippen LogP contribution in [0.2, 0.25) is 0 Å². The summed E-state index contributed by atoms with van der Waals surface area (Å²) in [4.78, 5) is 35.1. The first-order chi connectivity index (χ1) is 10.5. The van der Waals surface area contributed by atoms with E-state index in [4.69, 9.17) is 9.47 Å². The maximum absolute atomic E-state index is 12.0. The normalized spacial score (nSPS) is 26.0. The van der Waals surface area contributed by atoms with Crippen molar-refractivity contribution in [1.29, 1.82) is 0 Å². The highest BCUT2D eigenvalue weighted by molar-refractivity contribution is 6.11. The lowest BCUT2D eigenvalue weighted by atomic mass is 9.73. The summed E-state index contributed by atoms with van der Waals surface area (Å²) in [6.07, 6.45) is 3.88. The molecule has 1 fully saturated rings. The second-order valence-electron chi connectivity index (χ2n) is 5.91. The van der Waals surface area contributed by atoms with Crippen LogP contribution in [0.1, 0.15) is 34.8 Å². The molecule has 3 aliphatic rings. The van der Waals surface area contributed by atoms with Gasteiger partial charge in [-0.2, -0.15) is 0 Å². The van der Waals surface area contributed by atoms with Crippen molar-refractivity contribution in [3.05, 3.63) is 52.6 Å². The van der Waals surface area contributed by atoms with Crippen molar-refractivity contribution >= 4 is 23.5 Å². The SMILES string of the molecule is CC12CC(c3ccc4c(c3)COC4=O)=CC=C1C(=O)OC2=O. The molecule has 0 bridgehead atoms. The molecule has 1 atom stereocenters. The average Bonchev–Trinajstić information content (AvgIpc) is 2.97. The second-order valence-corrected chi connectivity index (χ2v) is 5.91. The summed E-state index contributed by atoms with van der Waals surface area (Å²) >= 11 is 0. The fourth-order valence-electron chi connectivity index (χ4n) is 3.16. The fourth-order valence-corrected chi connectivity index (χ4v) is 3.16. The number of hydrogen-bond donors (Lipinski definition) is 0. The van der Waals surface area contributed by atoms with E-state index in [1.54, 1.807) is 19.1 Å². The highest BCUT2D eigenvalue weighted by Gasteiger charge is 2.51. The Labute approximate surface area is 126 Å². The Balaban J connectivity index is 1.75. The number of fused-ring (bicyclic) bond motifs is 2. The number of rotatable bonds is 1. The smallest absolute Gasteiger partial charge is 0.342 e. The molecule has 1 unspecified atom stereocenters. The molecule has 0 radical (unpaired) electrons. The summed E-state index contributed by atoms with van der Waals surface area (Å²) in [7, 11) is 0. The van der Waals surface area contributed by atoms with Crippen molar-refractivity contribution in [3.8, 4) is 0 Å². The van der Waals surface area contributed by atoms with Crippen LogP contribution in [0.3, 0.4) is 0 Å². The van der Waals surface area contributed by atoms with Crippen LogP contribution in [0.15, 0.2) is 35.9 Å². The zero-order chi connectivity index (χ0) is 15.5. The predicted molar refractivity (Wildman–Crippen MR) is 75.4 cm³/mol. The van der Waals surface area contributed by atoms with Gasteiger partial charge in [0.15, 0.2) is 0 Å². The summed E-state index contributed by atoms with van der Waals surface area (Å²) in [6.45, 7) is 1.99. The van der Waals surface area contributed by atoms with Gasteiger partial charge in [0.1, 0.15) is 12.0 Å². The third-order valence-corrected chi connectivity index (χ3v) is 4.50. The summed E-state index contributed by atoms with van der Waals surface area (Å²) in [5, 5.41) is 0. The van der Waals surface area contributed by atoms with E-state index in [9.17, 15) is 14.4 Å². The molecule has 4 rings (SSSR count). The summed E-state index contributed by atoms with van der Waals surface area (Å²) in [6, 6.07) is 5.47. The molecule has 0 aromatic heterocycles. The Morgan fingerprint density at radius 3 is 2.73 bits per heavy atom. The van der Waals surface area contributed by atoms with Gasteiger partial charge in [-0.3, -0.25) is 4.79 Å². The molecule has 1 aliphatic carbocycles. The topological polar surface area (TPSA) is 69.7 Å². The minimum Gasteiger partial charge on any atom is -0.457 e. The zero-order valence-corrected chi connectivity index (χ0v) is 11.8. The van der Waals surface area contributed by atoms with Crippen LogP contribution in [-0.4, -0.2) is 17.9 Å². The molecule has 2 aliphatic heterocycles. The maximum atomic E-state index is 12.0. The lowest BCUT2D eigenvalue weighted by Gasteiger charge is -2.25.